The van der Waals surface area contributed by atoms with Crippen LogP contribution >= 0.6 is 11.6 Å². The zero-order valence-corrected chi connectivity index (χ0v) is 10.9. The third kappa shape index (κ3) is 4.29. The lowest BCUT2D eigenvalue weighted by atomic mass is 9.89. The highest BCUT2D eigenvalue weighted by molar-refractivity contribution is 7.89. The molecule has 0 aromatic carbocycles. The summed E-state index contributed by atoms with van der Waals surface area (Å²) in [6, 6.07) is 0. The van der Waals surface area contributed by atoms with Gasteiger partial charge < -0.3 is 0 Å². The lowest BCUT2D eigenvalue weighted by molar-refractivity contribution is 0.300. The van der Waals surface area contributed by atoms with Crippen LogP contribution in [0.4, 0.5) is 0 Å². The standard InChI is InChI=1S/C10H20ClNO2S/c1-12(15(13,14)8-7-11)9-10-5-3-2-4-6-10/h10H,2-9H2,1H3. The van der Waals surface area contributed by atoms with E-state index in [1.165, 1.54) is 36.4 Å². The Hall–Kier alpha value is 0.200. The third-order valence-electron chi connectivity index (χ3n) is 3.05. The van der Waals surface area contributed by atoms with Gasteiger partial charge in [0.1, 0.15) is 0 Å². The first-order chi connectivity index (χ1) is 7.06. The van der Waals surface area contributed by atoms with Gasteiger partial charge in [0.05, 0.1) is 5.75 Å². The number of nitrogens with zero attached hydrogens (tertiary/aromatic N) is 1. The Morgan fingerprint density at radius 3 is 2.40 bits per heavy atom. The second-order valence-electron chi connectivity index (χ2n) is 4.29. The van der Waals surface area contributed by atoms with Crippen molar-refractivity contribution in [1.82, 2.24) is 4.31 Å². The molecule has 0 heterocycles. The molecule has 5 heteroatoms. The van der Waals surface area contributed by atoms with Crippen LogP contribution in [-0.2, 0) is 10.0 Å². The fourth-order valence-electron chi connectivity index (χ4n) is 2.10. The second kappa shape index (κ2) is 6.06. The van der Waals surface area contributed by atoms with Crippen LogP contribution in [0.3, 0.4) is 0 Å². The first-order valence-corrected chi connectivity index (χ1v) is 7.70. The summed E-state index contributed by atoms with van der Waals surface area (Å²) in [5, 5.41) is 0. The predicted molar refractivity (Wildman–Crippen MR) is 63.7 cm³/mol. The van der Waals surface area contributed by atoms with Crippen molar-refractivity contribution < 1.29 is 8.42 Å². The molecule has 0 unspecified atom stereocenters. The van der Waals surface area contributed by atoms with Gasteiger partial charge in [-0.2, -0.15) is 0 Å². The molecule has 1 fully saturated rings. The molecule has 0 spiro atoms. The van der Waals surface area contributed by atoms with Crippen molar-refractivity contribution in [2.75, 3.05) is 25.2 Å². The predicted octanol–water partition coefficient (Wildman–Crippen LogP) is 2.07. The van der Waals surface area contributed by atoms with Crippen LogP contribution in [0.25, 0.3) is 0 Å². The minimum Gasteiger partial charge on any atom is -0.212 e. The van der Waals surface area contributed by atoms with E-state index in [0.717, 1.165) is 0 Å². The molecule has 0 aromatic heterocycles. The van der Waals surface area contributed by atoms with Gasteiger partial charge in [-0.15, -0.1) is 11.6 Å². The van der Waals surface area contributed by atoms with Crippen molar-refractivity contribution in [3.05, 3.63) is 0 Å². The first-order valence-electron chi connectivity index (χ1n) is 5.56. The molecule has 3 nitrogen and oxygen atoms in total. The lowest BCUT2D eigenvalue weighted by Gasteiger charge is -2.26. The molecule has 1 saturated carbocycles. The van der Waals surface area contributed by atoms with E-state index < -0.39 is 10.0 Å². The SMILES string of the molecule is CN(CC1CCCCC1)S(=O)(=O)CCCl. The quantitative estimate of drug-likeness (QED) is 0.704. The Morgan fingerprint density at radius 2 is 1.87 bits per heavy atom. The largest absolute Gasteiger partial charge is 0.215 e. The maximum Gasteiger partial charge on any atom is 0.215 e. The molecule has 15 heavy (non-hydrogen) atoms. The van der Waals surface area contributed by atoms with Crippen LogP contribution in [0, 0.1) is 5.92 Å². The van der Waals surface area contributed by atoms with E-state index in [2.05, 4.69) is 0 Å². The molecule has 0 aromatic rings. The highest BCUT2D eigenvalue weighted by atomic mass is 35.5. The zero-order chi connectivity index (χ0) is 11.3. The van der Waals surface area contributed by atoms with Gasteiger partial charge in [0.25, 0.3) is 0 Å². The Labute approximate surface area is 97.8 Å². The number of hydrogen-bond acceptors (Lipinski definition) is 2. The molecular formula is C10H20ClNO2S. The minimum absolute atomic E-state index is 0.0533. The van der Waals surface area contributed by atoms with Crippen molar-refractivity contribution in [3.8, 4) is 0 Å². The Morgan fingerprint density at radius 1 is 1.27 bits per heavy atom. The molecule has 0 aliphatic heterocycles. The average Bonchev–Trinajstić information content (AvgIpc) is 2.19. The van der Waals surface area contributed by atoms with E-state index in [0.29, 0.717) is 12.5 Å². The fraction of sp³-hybridized carbons (Fsp3) is 1.00. The van der Waals surface area contributed by atoms with E-state index in [-0.39, 0.29) is 11.6 Å². The van der Waals surface area contributed by atoms with Gasteiger partial charge in [-0.3, -0.25) is 0 Å². The third-order valence-corrected chi connectivity index (χ3v) is 5.28. The Balaban J connectivity index is 2.43. The molecule has 1 aliphatic rings. The molecule has 0 saturated heterocycles. The highest BCUT2D eigenvalue weighted by Gasteiger charge is 2.22. The molecule has 1 aliphatic carbocycles. The molecule has 0 radical (unpaired) electrons. The first kappa shape index (κ1) is 13.3. The van der Waals surface area contributed by atoms with Gasteiger partial charge in [0.15, 0.2) is 0 Å². The molecule has 0 bridgehead atoms. The maximum absolute atomic E-state index is 11.6. The van der Waals surface area contributed by atoms with Crippen LogP contribution < -0.4 is 0 Å². The zero-order valence-electron chi connectivity index (χ0n) is 9.28. The van der Waals surface area contributed by atoms with Gasteiger partial charge in [-0.25, -0.2) is 12.7 Å². The minimum atomic E-state index is -3.11. The summed E-state index contributed by atoms with van der Waals surface area (Å²) in [4.78, 5) is 0. The summed E-state index contributed by atoms with van der Waals surface area (Å²) in [5.74, 6) is 0.781. The van der Waals surface area contributed by atoms with E-state index >= 15 is 0 Å². The summed E-state index contributed by atoms with van der Waals surface area (Å²) in [6.45, 7) is 0.666. The smallest absolute Gasteiger partial charge is 0.212 e. The van der Waals surface area contributed by atoms with Crippen LogP contribution in [0.1, 0.15) is 32.1 Å². The van der Waals surface area contributed by atoms with Gasteiger partial charge >= 0.3 is 0 Å². The highest BCUT2D eigenvalue weighted by Crippen LogP contribution is 2.24. The molecule has 0 amide bonds. The molecule has 1 rings (SSSR count). The second-order valence-corrected chi connectivity index (χ2v) is 6.86. The monoisotopic (exact) mass is 253 g/mol. The van der Waals surface area contributed by atoms with Gasteiger partial charge in [-0.05, 0) is 18.8 Å². The normalized spacial score (nSPS) is 19.7. The van der Waals surface area contributed by atoms with Crippen molar-refractivity contribution in [3.63, 3.8) is 0 Å². The van der Waals surface area contributed by atoms with Crippen molar-refractivity contribution in [2.24, 2.45) is 5.92 Å². The number of rotatable bonds is 5. The van der Waals surface area contributed by atoms with Crippen molar-refractivity contribution >= 4 is 21.6 Å². The number of hydrogen-bond donors (Lipinski definition) is 0. The van der Waals surface area contributed by atoms with Crippen molar-refractivity contribution in [1.29, 1.82) is 0 Å². The number of alkyl halides is 1. The van der Waals surface area contributed by atoms with E-state index in [9.17, 15) is 8.42 Å². The summed E-state index contributed by atoms with van der Waals surface area (Å²) >= 11 is 5.47. The van der Waals surface area contributed by atoms with Crippen LogP contribution in [-0.4, -0.2) is 37.9 Å². The van der Waals surface area contributed by atoms with Gasteiger partial charge in [0.2, 0.25) is 10.0 Å². The van der Waals surface area contributed by atoms with Gasteiger partial charge in [0, 0.05) is 19.5 Å². The van der Waals surface area contributed by atoms with Crippen LogP contribution in [0.2, 0.25) is 0 Å². The maximum atomic E-state index is 11.6. The topological polar surface area (TPSA) is 37.4 Å². The van der Waals surface area contributed by atoms with Gasteiger partial charge in [-0.1, -0.05) is 19.3 Å². The molecule has 0 atom stereocenters. The average molecular weight is 254 g/mol. The lowest BCUT2D eigenvalue weighted by Crippen LogP contribution is -2.34. The van der Waals surface area contributed by atoms with E-state index in [1.807, 2.05) is 0 Å². The molecule has 90 valence electrons. The number of sulfonamides is 1. The van der Waals surface area contributed by atoms with E-state index in [4.69, 9.17) is 11.6 Å². The van der Waals surface area contributed by atoms with Crippen molar-refractivity contribution in [2.45, 2.75) is 32.1 Å². The summed E-state index contributed by atoms with van der Waals surface area (Å²) in [5.41, 5.74) is 0. The van der Waals surface area contributed by atoms with Crippen LogP contribution in [0.15, 0.2) is 0 Å². The molecule has 0 N–H and O–H groups in total. The fourth-order valence-corrected chi connectivity index (χ4v) is 3.63. The Bertz CT molecular complexity index is 273. The van der Waals surface area contributed by atoms with E-state index in [1.54, 1.807) is 7.05 Å². The Kier molecular flexibility index (Phi) is 5.36. The molecular weight excluding hydrogens is 234 g/mol. The summed E-state index contributed by atoms with van der Waals surface area (Å²) in [6.07, 6.45) is 6.12. The number of halogens is 1. The van der Waals surface area contributed by atoms with Crippen LogP contribution in [0.5, 0.6) is 0 Å². The summed E-state index contributed by atoms with van der Waals surface area (Å²) in [7, 11) is -1.45. The summed E-state index contributed by atoms with van der Waals surface area (Å²) < 4.78 is 24.8.